The lowest BCUT2D eigenvalue weighted by atomic mass is 10.3. The summed E-state index contributed by atoms with van der Waals surface area (Å²) in [6.45, 7) is 0.581. The number of thioether (sulfide) groups is 1. The fourth-order valence-corrected chi connectivity index (χ4v) is 2.90. The summed E-state index contributed by atoms with van der Waals surface area (Å²) >= 11 is 1.25. The Balaban J connectivity index is 1.45. The molecule has 0 bridgehead atoms. The van der Waals surface area contributed by atoms with Gasteiger partial charge in [-0.2, -0.15) is 0 Å². The molecule has 0 aliphatic carbocycles. The van der Waals surface area contributed by atoms with Gasteiger partial charge in [-0.25, -0.2) is 9.37 Å². The van der Waals surface area contributed by atoms with Crippen LogP contribution in [0, 0.1) is 5.82 Å². The number of oxazole rings is 1. The normalized spacial score (nSPS) is 10.8. The van der Waals surface area contributed by atoms with Gasteiger partial charge in [0.25, 0.3) is 5.22 Å². The van der Waals surface area contributed by atoms with E-state index in [1.54, 1.807) is 25.2 Å². The van der Waals surface area contributed by atoms with Gasteiger partial charge < -0.3 is 14.1 Å². The first-order valence-electron chi connectivity index (χ1n) is 7.73. The van der Waals surface area contributed by atoms with E-state index in [0.29, 0.717) is 17.4 Å². The smallest absolute Gasteiger partial charge is 0.257 e. The summed E-state index contributed by atoms with van der Waals surface area (Å²) in [6, 6.07) is 13.6. The second-order valence-electron chi connectivity index (χ2n) is 5.33. The molecule has 0 radical (unpaired) electrons. The molecule has 1 amide bonds. The Labute approximate surface area is 148 Å². The van der Waals surface area contributed by atoms with Crippen molar-refractivity contribution < 1.29 is 18.3 Å². The quantitative estimate of drug-likeness (QED) is 0.603. The molecule has 25 heavy (non-hydrogen) atoms. The van der Waals surface area contributed by atoms with Gasteiger partial charge in [0.2, 0.25) is 5.91 Å². The van der Waals surface area contributed by atoms with Crippen LogP contribution in [0.1, 0.15) is 0 Å². The van der Waals surface area contributed by atoms with Crippen LogP contribution in [0.3, 0.4) is 0 Å². The van der Waals surface area contributed by atoms with Gasteiger partial charge in [0, 0.05) is 7.05 Å². The topological polar surface area (TPSA) is 55.6 Å². The Morgan fingerprint density at radius 3 is 2.80 bits per heavy atom. The van der Waals surface area contributed by atoms with Crippen LogP contribution in [-0.4, -0.2) is 41.7 Å². The molecule has 0 unspecified atom stereocenters. The number of hydrogen-bond donors (Lipinski definition) is 0. The molecule has 0 spiro atoms. The van der Waals surface area contributed by atoms with Crippen LogP contribution in [-0.2, 0) is 4.79 Å². The number of nitrogens with zero attached hydrogens (tertiary/aromatic N) is 2. The standard InChI is InChI=1S/C18H17FN2O3S/c1-21(10-11-23-15-8-4-2-6-13(15)19)17(22)12-25-18-20-14-7-3-5-9-16(14)24-18/h2-9H,10-12H2,1H3. The van der Waals surface area contributed by atoms with Crippen LogP contribution in [0.2, 0.25) is 0 Å². The highest BCUT2D eigenvalue weighted by atomic mass is 32.2. The average Bonchev–Trinajstić information content (AvgIpc) is 3.04. The summed E-state index contributed by atoms with van der Waals surface area (Å²) in [4.78, 5) is 18.0. The number of amides is 1. The number of benzene rings is 2. The van der Waals surface area contributed by atoms with E-state index in [-0.39, 0.29) is 24.0 Å². The Morgan fingerprint density at radius 2 is 2.00 bits per heavy atom. The van der Waals surface area contributed by atoms with E-state index < -0.39 is 5.82 Å². The average molecular weight is 360 g/mol. The van der Waals surface area contributed by atoms with Gasteiger partial charge in [-0.05, 0) is 24.3 Å². The van der Waals surface area contributed by atoms with Crippen molar-refractivity contribution in [3.63, 3.8) is 0 Å². The SMILES string of the molecule is CN(CCOc1ccccc1F)C(=O)CSc1nc2ccccc2o1. The van der Waals surface area contributed by atoms with Crippen molar-refractivity contribution in [3.8, 4) is 5.75 Å². The molecule has 1 aromatic heterocycles. The molecule has 2 aromatic carbocycles. The second-order valence-corrected chi connectivity index (χ2v) is 6.26. The van der Waals surface area contributed by atoms with E-state index in [2.05, 4.69) is 4.98 Å². The van der Waals surface area contributed by atoms with Crippen molar-refractivity contribution in [2.75, 3.05) is 26.0 Å². The third kappa shape index (κ3) is 4.51. The lowest BCUT2D eigenvalue weighted by Crippen LogP contribution is -2.32. The van der Waals surface area contributed by atoms with E-state index in [9.17, 15) is 9.18 Å². The van der Waals surface area contributed by atoms with Gasteiger partial charge >= 0.3 is 0 Å². The molecular weight excluding hydrogens is 343 g/mol. The van der Waals surface area contributed by atoms with Crippen LogP contribution < -0.4 is 4.74 Å². The molecule has 0 aliphatic heterocycles. The number of para-hydroxylation sites is 3. The number of carbonyl (C=O) groups is 1. The predicted octanol–water partition coefficient (Wildman–Crippen LogP) is 3.60. The van der Waals surface area contributed by atoms with Crippen molar-refractivity contribution >= 4 is 28.8 Å². The first-order valence-corrected chi connectivity index (χ1v) is 8.72. The fourth-order valence-electron chi connectivity index (χ4n) is 2.13. The molecule has 0 saturated heterocycles. The zero-order valence-electron chi connectivity index (χ0n) is 13.6. The summed E-state index contributed by atoms with van der Waals surface area (Å²) in [5.74, 6) is -0.0974. The number of carbonyl (C=O) groups excluding carboxylic acids is 1. The minimum atomic E-state index is -0.414. The fraction of sp³-hybridized carbons (Fsp3) is 0.222. The minimum absolute atomic E-state index is 0.0793. The molecule has 0 atom stereocenters. The van der Waals surface area contributed by atoms with E-state index in [4.69, 9.17) is 9.15 Å². The van der Waals surface area contributed by atoms with Gasteiger partial charge in [0.15, 0.2) is 17.1 Å². The molecule has 130 valence electrons. The Hall–Kier alpha value is -2.54. The van der Waals surface area contributed by atoms with E-state index in [1.165, 1.54) is 22.7 Å². The number of ether oxygens (including phenoxy) is 1. The van der Waals surface area contributed by atoms with Gasteiger partial charge in [-0.15, -0.1) is 0 Å². The number of fused-ring (bicyclic) bond motifs is 1. The zero-order valence-corrected chi connectivity index (χ0v) is 14.5. The predicted molar refractivity (Wildman–Crippen MR) is 94.3 cm³/mol. The third-order valence-corrected chi connectivity index (χ3v) is 4.35. The molecule has 1 heterocycles. The number of halogens is 1. The monoisotopic (exact) mass is 360 g/mol. The van der Waals surface area contributed by atoms with Crippen molar-refractivity contribution in [2.45, 2.75) is 5.22 Å². The zero-order chi connectivity index (χ0) is 17.6. The number of rotatable bonds is 7. The number of likely N-dealkylation sites (N-methyl/N-ethyl adjacent to an activating group) is 1. The minimum Gasteiger partial charge on any atom is -0.489 e. The van der Waals surface area contributed by atoms with Crippen molar-refractivity contribution in [2.24, 2.45) is 0 Å². The van der Waals surface area contributed by atoms with Gasteiger partial charge in [-0.1, -0.05) is 36.0 Å². The summed E-state index contributed by atoms with van der Waals surface area (Å²) < 4.78 is 24.4. The second kappa shape index (κ2) is 8.02. The molecule has 7 heteroatoms. The largest absolute Gasteiger partial charge is 0.489 e. The summed E-state index contributed by atoms with van der Waals surface area (Å²) in [5, 5.41) is 0.463. The highest BCUT2D eigenvalue weighted by Crippen LogP contribution is 2.23. The first-order chi connectivity index (χ1) is 12.1. The highest BCUT2D eigenvalue weighted by molar-refractivity contribution is 7.99. The van der Waals surface area contributed by atoms with Crippen molar-refractivity contribution in [1.29, 1.82) is 0 Å². The Kier molecular flexibility index (Phi) is 5.55. The van der Waals surface area contributed by atoms with Gasteiger partial charge in [0.05, 0.1) is 12.3 Å². The summed E-state index contributed by atoms with van der Waals surface area (Å²) in [7, 11) is 1.68. The molecule has 0 N–H and O–H groups in total. The van der Waals surface area contributed by atoms with E-state index in [0.717, 1.165) is 5.52 Å². The summed E-state index contributed by atoms with van der Waals surface area (Å²) in [5.41, 5.74) is 1.47. The van der Waals surface area contributed by atoms with E-state index in [1.807, 2.05) is 24.3 Å². The molecule has 3 aromatic rings. The summed E-state index contributed by atoms with van der Waals surface area (Å²) in [6.07, 6.45) is 0. The number of hydrogen-bond acceptors (Lipinski definition) is 5. The molecule has 0 fully saturated rings. The number of aromatic nitrogens is 1. The van der Waals surface area contributed by atoms with E-state index >= 15 is 0 Å². The third-order valence-electron chi connectivity index (χ3n) is 3.54. The van der Waals surface area contributed by atoms with Gasteiger partial charge in [0.1, 0.15) is 12.1 Å². The van der Waals surface area contributed by atoms with Crippen LogP contribution in [0.4, 0.5) is 4.39 Å². The molecule has 3 rings (SSSR count). The molecule has 0 aliphatic rings. The van der Waals surface area contributed by atoms with Crippen molar-refractivity contribution in [1.82, 2.24) is 9.88 Å². The van der Waals surface area contributed by atoms with Crippen LogP contribution in [0.25, 0.3) is 11.1 Å². The van der Waals surface area contributed by atoms with Crippen LogP contribution in [0.5, 0.6) is 5.75 Å². The lowest BCUT2D eigenvalue weighted by Gasteiger charge is -2.17. The Morgan fingerprint density at radius 1 is 1.24 bits per heavy atom. The van der Waals surface area contributed by atoms with Crippen LogP contribution in [0.15, 0.2) is 58.2 Å². The lowest BCUT2D eigenvalue weighted by molar-refractivity contribution is -0.127. The van der Waals surface area contributed by atoms with Gasteiger partial charge in [-0.3, -0.25) is 4.79 Å². The van der Waals surface area contributed by atoms with Crippen molar-refractivity contribution in [3.05, 3.63) is 54.3 Å². The molecule has 5 nitrogen and oxygen atoms in total. The molecular formula is C18H17FN2O3S. The maximum atomic E-state index is 13.4. The Bertz CT molecular complexity index is 835. The highest BCUT2D eigenvalue weighted by Gasteiger charge is 2.13. The maximum Gasteiger partial charge on any atom is 0.257 e. The first kappa shape index (κ1) is 17.3. The van der Waals surface area contributed by atoms with Crippen LogP contribution >= 0.6 is 11.8 Å². The maximum absolute atomic E-state index is 13.4. The molecule has 0 saturated carbocycles.